The second-order valence-corrected chi connectivity index (χ2v) is 4.49. The molecule has 1 rings (SSSR count). The molecule has 0 saturated carbocycles. The maximum atomic E-state index is 11.1. The molecule has 0 saturated heterocycles. The molecule has 0 bridgehead atoms. The van der Waals surface area contributed by atoms with E-state index < -0.39 is 11.6 Å². The Hall–Kier alpha value is -1.55. The van der Waals surface area contributed by atoms with Crippen molar-refractivity contribution in [2.45, 2.75) is 32.3 Å². The van der Waals surface area contributed by atoms with E-state index in [9.17, 15) is 9.90 Å². The van der Waals surface area contributed by atoms with Gasteiger partial charge >= 0.3 is 5.97 Å². The van der Waals surface area contributed by atoms with Crippen molar-refractivity contribution in [2.75, 3.05) is 7.11 Å². The number of ether oxygens (including phenoxy) is 1. The number of methoxy groups -OCH3 is 1. The third-order valence-electron chi connectivity index (χ3n) is 2.83. The minimum absolute atomic E-state index is 0.254. The van der Waals surface area contributed by atoms with Gasteiger partial charge in [0.25, 0.3) is 0 Å². The van der Waals surface area contributed by atoms with Crippen LogP contribution in [0.5, 0.6) is 5.75 Å². The lowest BCUT2D eigenvalue weighted by molar-refractivity contribution is -0.157. The molecule has 0 radical (unpaired) electrons. The molecule has 94 valence electrons. The molecule has 4 nitrogen and oxygen atoms in total. The number of carboxylic acid groups (broad SMARTS) is 1. The van der Waals surface area contributed by atoms with E-state index in [1.165, 1.54) is 14.0 Å². The monoisotopic (exact) mass is 238 g/mol. The van der Waals surface area contributed by atoms with E-state index in [4.69, 9.17) is 9.84 Å². The number of hydrogen-bond acceptors (Lipinski definition) is 3. The number of aliphatic carboxylic acids is 1. The van der Waals surface area contributed by atoms with Gasteiger partial charge in [0.05, 0.1) is 7.11 Å². The zero-order valence-electron chi connectivity index (χ0n) is 10.5. The van der Waals surface area contributed by atoms with Crippen LogP contribution in [0.2, 0.25) is 0 Å². The predicted octanol–water partition coefficient (Wildman–Crippen LogP) is 2.11. The van der Waals surface area contributed by atoms with Crippen LogP contribution in [0, 0.1) is 0 Å². The summed E-state index contributed by atoms with van der Waals surface area (Å²) in [5, 5.41) is 19.0. The molecule has 17 heavy (non-hydrogen) atoms. The van der Waals surface area contributed by atoms with E-state index in [0.717, 1.165) is 5.56 Å². The maximum Gasteiger partial charge on any atom is 0.340 e. The van der Waals surface area contributed by atoms with Crippen molar-refractivity contribution < 1.29 is 19.7 Å². The van der Waals surface area contributed by atoms with Gasteiger partial charge in [-0.25, -0.2) is 4.79 Å². The molecule has 0 amide bonds. The van der Waals surface area contributed by atoms with Crippen LogP contribution in [0.25, 0.3) is 0 Å². The summed E-state index contributed by atoms with van der Waals surface area (Å²) in [6.45, 7) is 5.25. The molecule has 1 atom stereocenters. The summed E-state index contributed by atoms with van der Waals surface area (Å²) in [6.07, 6.45) is 0. The van der Waals surface area contributed by atoms with E-state index in [0.29, 0.717) is 5.75 Å². The Morgan fingerprint density at radius 2 is 2.00 bits per heavy atom. The summed E-state index contributed by atoms with van der Waals surface area (Å²) in [5.41, 5.74) is -0.711. The van der Waals surface area contributed by atoms with Crippen molar-refractivity contribution in [2.24, 2.45) is 0 Å². The molecule has 1 aromatic rings. The number of rotatable bonds is 4. The molecule has 1 unspecified atom stereocenters. The topological polar surface area (TPSA) is 66.8 Å². The summed E-state index contributed by atoms with van der Waals surface area (Å²) in [7, 11) is 1.45. The summed E-state index contributed by atoms with van der Waals surface area (Å²) >= 11 is 0. The maximum absolute atomic E-state index is 11.1. The Kier molecular flexibility index (Phi) is 3.78. The fourth-order valence-corrected chi connectivity index (χ4v) is 1.58. The Balaban J connectivity index is 3.38. The highest BCUT2D eigenvalue weighted by atomic mass is 16.5. The molecule has 0 aliphatic rings. The smallest absolute Gasteiger partial charge is 0.340 e. The lowest BCUT2D eigenvalue weighted by Crippen LogP contribution is -2.32. The van der Waals surface area contributed by atoms with Crippen molar-refractivity contribution in [1.29, 1.82) is 0 Å². The van der Waals surface area contributed by atoms with Crippen LogP contribution in [0.3, 0.4) is 0 Å². The van der Waals surface area contributed by atoms with Gasteiger partial charge < -0.3 is 14.9 Å². The molecule has 0 aliphatic heterocycles. The van der Waals surface area contributed by atoms with Crippen LogP contribution in [-0.4, -0.2) is 23.3 Å². The van der Waals surface area contributed by atoms with Gasteiger partial charge in [0.1, 0.15) is 5.75 Å². The first-order valence-corrected chi connectivity index (χ1v) is 5.45. The van der Waals surface area contributed by atoms with Gasteiger partial charge in [0, 0.05) is 5.56 Å². The zero-order valence-corrected chi connectivity index (χ0v) is 10.5. The Labute approximate surface area is 101 Å². The van der Waals surface area contributed by atoms with E-state index >= 15 is 0 Å². The minimum Gasteiger partial charge on any atom is -0.496 e. The van der Waals surface area contributed by atoms with E-state index in [-0.39, 0.29) is 11.5 Å². The van der Waals surface area contributed by atoms with Crippen molar-refractivity contribution in [3.63, 3.8) is 0 Å². The second-order valence-electron chi connectivity index (χ2n) is 4.49. The Morgan fingerprint density at radius 3 is 2.41 bits per heavy atom. The first-order valence-electron chi connectivity index (χ1n) is 5.45. The van der Waals surface area contributed by atoms with Gasteiger partial charge in [0.2, 0.25) is 0 Å². The van der Waals surface area contributed by atoms with E-state index in [2.05, 4.69) is 0 Å². The van der Waals surface area contributed by atoms with Crippen LogP contribution < -0.4 is 4.74 Å². The predicted molar refractivity (Wildman–Crippen MR) is 64.3 cm³/mol. The molecular formula is C13H18O4. The van der Waals surface area contributed by atoms with Crippen molar-refractivity contribution in [3.8, 4) is 5.75 Å². The van der Waals surface area contributed by atoms with Crippen LogP contribution in [0.4, 0.5) is 0 Å². The molecule has 0 spiro atoms. The van der Waals surface area contributed by atoms with Gasteiger partial charge in [-0.15, -0.1) is 0 Å². The van der Waals surface area contributed by atoms with E-state index in [1.54, 1.807) is 12.1 Å². The standard InChI is InChI=1S/C13H18O4/c1-8(2)9-5-6-11(17-4)10(7-9)13(3,16)12(14)15/h5-8,16H,1-4H3,(H,14,15). The van der Waals surface area contributed by atoms with Crippen molar-refractivity contribution in [1.82, 2.24) is 0 Å². The average Bonchev–Trinajstić information content (AvgIpc) is 2.27. The fraction of sp³-hybridized carbons (Fsp3) is 0.462. The average molecular weight is 238 g/mol. The highest BCUT2D eigenvalue weighted by Crippen LogP contribution is 2.32. The highest BCUT2D eigenvalue weighted by Gasteiger charge is 2.35. The van der Waals surface area contributed by atoms with Crippen LogP contribution in [-0.2, 0) is 10.4 Å². The van der Waals surface area contributed by atoms with Crippen LogP contribution >= 0.6 is 0 Å². The van der Waals surface area contributed by atoms with Crippen molar-refractivity contribution in [3.05, 3.63) is 29.3 Å². The first kappa shape index (κ1) is 13.5. The number of carbonyl (C=O) groups is 1. The van der Waals surface area contributed by atoms with Crippen LogP contribution in [0.1, 0.15) is 37.8 Å². The van der Waals surface area contributed by atoms with Gasteiger partial charge in [-0.2, -0.15) is 0 Å². The quantitative estimate of drug-likeness (QED) is 0.843. The number of aliphatic hydroxyl groups is 1. The second kappa shape index (κ2) is 4.75. The third-order valence-corrected chi connectivity index (χ3v) is 2.83. The molecular weight excluding hydrogens is 220 g/mol. The Bertz CT molecular complexity index is 421. The zero-order chi connectivity index (χ0) is 13.2. The lowest BCUT2D eigenvalue weighted by Gasteiger charge is -2.22. The van der Waals surface area contributed by atoms with Crippen molar-refractivity contribution >= 4 is 5.97 Å². The summed E-state index contributed by atoms with van der Waals surface area (Å²) < 4.78 is 5.09. The van der Waals surface area contributed by atoms with Gasteiger partial charge in [-0.05, 0) is 30.5 Å². The fourth-order valence-electron chi connectivity index (χ4n) is 1.58. The molecule has 4 heteroatoms. The largest absolute Gasteiger partial charge is 0.496 e. The number of hydrogen-bond donors (Lipinski definition) is 2. The van der Waals surface area contributed by atoms with E-state index in [1.807, 2.05) is 19.9 Å². The summed E-state index contributed by atoms with van der Waals surface area (Å²) in [6, 6.07) is 5.23. The molecule has 2 N–H and O–H groups in total. The van der Waals surface area contributed by atoms with Gasteiger partial charge in [-0.3, -0.25) is 0 Å². The van der Waals surface area contributed by atoms with Gasteiger partial charge in [-0.1, -0.05) is 19.9 Å². The van der Waals surface area contributed by atoms with Crippen LogP contribution in [0.15, 0.2) is 18.2 Å². The first-order chi connectivity index (χ1) is 7.80. The highest BCUT2D eigenvalue weighted by molar-refractivity contribution is 5.79. The third kappa shape index (κ3) is 2.58. The molecule has 0 fully saturated rings. The summed E-state index contributed by atoms with van der Waals surface area (Å²) in [5.74, 6) is -0.664. The van der Waals surface area contributed by atoms with Gasteiger partial charge in [0.15, 0.2) is 5.60 Å². The normalized spacial score (nSPS) is 14.5. The molecule has 0 aliphatic carbocycles. The molecule has 1 aromatic carbocycles. The number of carboxylic acids is 1. The summed E-state index contributed by atoms with van der Waals surface area (Å²) in [4.78, 5) is 11.1. The number of benzene rings is 1. The molecule has 0 heterocycles. The SMILES string of the molecule is COc1ccc(C(C)C)cc1C(C)(O)C(=O)O. The lowest BCUT2D eigenvalue weighted by atomic mass is 9.91. The minimum atomic E-state index is -1.95. The Morgan fingerprint density at radius 1 is 1.41 bits per heavy atom. The molecule has 0 aromatic heterocycles.